The molecule has 3 heterocycles. The minimum Gasteiger partial charge on any atom is -0.497 e. The third kappa shape index (κ3) is 4.01. The van der Waals surface area contributed by atoms with Crippen molar-refractivity contribution in [1.29, 1.82) is 0 Å². The molecule has 1 amide bonds. The standard InChI is InChI=1S/C19H20ClN7O2/c1-29-14-7-11(6-12(20)8-14)17(15-2-3-22-15)27-10-13(9-25-27)26-19(28)16-18(21)24-5-4-23-16/h4-10,15,17,22H,2-3H2,1H3,(H2,21,24)(H,26,28)/t15-,17?/m1/s1. The molecule has 1 aliphatic rings. The lowest BCUT2D eigenvalue weighted by Crippen LogP contribution is -2.49. The number of rotatable bonds is 6. The van der Waals surface area contributed by atoms with Gasteiger partial charge in [-0.3, -0.25) is 9.48 Å². The summed E-state index contributed by atoms with van der Waals surface area (Å²) in [5.74, 6) is 0.300. The zero-order valence-corrected chi connectivity index (χ0v) is 16.4. The fourth-order valence-electron chi connectivity index (χ4n) is 3.29. The van der Waals surface area contributed by atoms with Crippen LogP contribution in [0.25, 0.3) is 0 Å². The Morgan fingerprint density at radius 3 is 2.86 bits per heavy atom. The zero-order valence-electron chi connectivity index (χ0n) is 15.7. The Labute approximate surface area is 172 Å². The number of halogens is 1. The van der Waals surface area contributed by atoms with Gasteiger partial charge in [0.15, 0.2) is 11.5 Å². The summed E-state index contributed by atoms with van der Waals surface area (Å²) in [5.41, 5.74) is 7.28. The number of aromatic nitrogens is 4. The van der Waals surface area contributed by atoms with Gasteiger partial charge in [0.2, 0.25) is 0 Å². The van der Waals surface area contributed by atoms with Crippen molar-refractivity contribution in [2.45, 2.75) is 18.5 Å². The van der Waals surface area contributed by atoms with E-state index < -0.39 is 5.91 Å². The van der Waals surface area contributed by atoms with Gasteiger partial charge in [-0.2, -0.15) is 5.10 Å². The molecular weight excluding hydrogens is 394 g/mol. The highest BCUT2D eigenvalue weighted by Gasteiger charge is 2.31. The van der Waals surface area contributed by atoms with Gasteiger partial charge in [-0.15, -0.1) is 0 Å². The first-order valence-electron chi connectivity index (χ1n) is 9.05. The molecule has 0 aliphatic carbocycles. The van der Waals surface area contributed by atoms with E-state index in [0.717, 1.165) is 18.5 Å². The maximum atomic E-state index is 12.4. The Hall–Kier alpha value is -3.17. The Bertz CT molecular complexity index is 1030. The second kappa shape index (κ2) is 8.06. The lowest BCUT2D eigenvalue weighted by Gasteiger charge is -2.35. The lowest BCUT2D eigenvalue weighted by atomic mass is 9.92. The average Bonchev–Trinajstić information content (AvgIpc) is 3.12. The molecule has 29 heavy (non-hydrogen) atoms. The van der Waals surface area contributed by atoms with E-state index in [1.165, 1.54) is 12.4 Å². The molecule has 1 fully saturated rings. The van der Waals surface area contributed by atoms with Gasteiger partial charge < -0.3 is 21.1 Å². The van der Waals surface area contributed by atoms with E-state index in [9.17, 15) is 4.79 Å². The molecule has 3 aromatic rings. The third-order valence-corrected chi connectivity index (χ3v) is 5.02. The first-order valence-corrected chi connectivity index (χ1v) is 9.43. The van der Waals surface area contributed by atoms with Crippen LogP contribution in [0.2, 0.25) is 5.02 Å². The molecule has 2 aromatic heterocycles. The number of hydrogen-bond acceptors (Lipinski definition) is 7. The molecule has 0 saturated carbocycles. The number of methoxy groups -OCH3 is 1. The van der Waals surface area contributed by atoms with Gasteiger partial charge in [0, 0.05) is 29.7 Å². The Kier molecular flexibility index (Phi) is 5.32. The zero-order chi connectivity index (χ0) is 20.4. The van der Waals surface area contributed by atoms with Gasteiger partial charge in [0.1, 0.15) is 5.75 Å². The second-order valence-corrected chi connectivity index (χ2v) is 7.11. The van der Waals surface area contributed by atoms with E-state index in [1.807, 2.05) is 12.1 Å². The molecule has 1 aliphatic heterocycles. The molecule has 0 radical (unpaired) electrons. The van der Waals surface area contributed by atoms with Crippen LogP contribution in [0.3, 0.4) is 0 Å². The van der Waals surface area contributed by atoms with Crippen molar-refractivity contribution in [3.05, 3.63) is 59.3 Å². The molecule has 1 unspecified atom stereocenters. The molecule has 1 saturated heterocycles. The quantitative estimate of drug-likeness (QED) is 0.566. The van der Waals surface area contributed by atoms with Crippen LogP contribution in [0.4, 0.5) is 11.5 Å². The molecule has 0 spiro atoms. The normalized spacial score (nSPS) is 16.7. The highest BCUT2D eigenvalue weighted by atomic mass is 35.5. The van der Waals surface area contributed by atoms with Crippen molar-refractivity contribution in [2.24, 2.45) is 0 Å². The van der Waals surface area contributed by atoms with Gasteiger partial charge >= 0.3 is 0 Å². The molecule has 150 valence electrons. The topological polar surface area (TPSA) is 120 Å². The first kappa shape index (κ1) is 19.2. The third-order valence-electron chi connectivity index (χ3n) is 4.80. The fraction of sp³-hybridized carbons (Fsp3) is 0.263. The molecule has 1 aromatic carbocycles. The number of carbonyl (C=O) groups excluding carboxylic acids is 1. The fourth-order valence-corrected chi connectivity index (χ4v) is 3.53. The Morgan fingerprint density at radius 2 is 2.17 bits per heavy atom. The predicted molar refractivity (Wildman–Crippen MR) is 109 cm³/mol. The van der Waals surface area contributed by atoms with Crippen LogP contribution in [0.5, 0.6) is 5.75 Å². The maximum Gasteiger partial charge on any atom is 0.278 e. The number of nitrogen functional groups attached to an aromatic ring is 1. The molecule has 4 rings (SSSR count). The molecule has 0 bridgehead atoms. The van der Waals surface area contributed by atoms with Crippen LogP contribution in [-0.2, 0) is 0 Å². The van der Waals surface area contributed by atoms with Gasteiger partial charge in [0.05, 0.1) is 25.0 Å². The highest BCUT2D eigenvalue weighted by Crippen LogP contribution is 2.32. The van der Waals surface area contributed by atoms with Crippen molar-refractivity contribution in [3.63, 3.8) is 0 Å². The number of nitrogens with zero attached hydrogens (tertiary/aromatic N) is 4. The molecular formula is C19H20ClN7O2. The number of carbonyl (C=O) groups is 1. The van der Waals surface area contributed by atoms with Gasteiger partial charge in [0.25, 0.3) is 5.91 Å². The highest BCUT2D eigenvalue weighted by molar-refractivity contribution is 6.30. The van der Waals surface area contributed by atoms with Crippen molar-refractivity contribution < 1.29 is 9.53 Å². The Balaban J connectivity index is 1.61. The van der Waals surface area contributed by atoms with Crippen LogP contribution in [0.15, 0.2) is 43.0 Å². The number of nitrogens with two attached hydrogens (primary N) is 1. The Morgan fingerprint density at radius 1 is 1.38 bits per heavy atom. The van der Waals surface area contributed by atoms with Crippen molar-refractivity contribution in [2.75, 3.05) is 24.7 Å². The minimum atomic E-state index is -0.446. The summed E-state index contributed by atoms with van der Waals surface area (Å²) in [6, 6.07) is 5.68. The van der Waals surface area contributed by atoms with Gasteiger partial charge in [-0.05, 0) is 36.7 Å². The molecule has 2 atom stereocenters. The summed E-state index contributed by atoms with van der Waals surface area (Å²) in [5, 5.41) is 11.2. The number of nitrogens with one attached hydrogen (secondary N) is 2. The molecule has 4 N–H and O–H groups in total. The van der Waals surface area contributed by atoms with E-state index >= 15 is 0 Å². The number of benzene rings is 1. The van der Waals surface area contributed by atoms with Crippen molar-refractivity contribution >= 4 is 29.0 Å². The number of ether oxygens (including phenoxy) is 1. The molecule has 10 heteroatoms. The maximum absolute atomic E-state index is 12.4. The molecule has 9 nitrogen and oxygen atoms in total. The van der Waals surface area contributed by atoms with Crippen LogP contribution < -0.4 is 21.1 Å². The minimum absolute atomic E-state index is 0.0667. The van der Waals surface area contributed by atoms with E-state index in [4.69, 9.17) is 22.1 Å². The number of anilines is 2. The average molecular weight is 414 g/mol. The van der Waals surface area contributed by atoms with E-state index in [-0.39, 0.29) is 23.6 Å². The van der Waals surface area contributed by atoms with Gasteiger partial charge in [-0.25, -0.2) is 9.97 Å². The summed E-state index contributed by atoms with van der Waals surface area (Å²) < 4.78 is 7.16. The summed E-state index contributed by atoms with van der Waals surface area (Å²) in [6.45, 7) is 0.940. The monoisotopic (exact) mass is 413 g/mol. The number of amides is 1. The van der Waals surface area contributed by atoms with E-state index in [2.05, 4.69) is 25.7 Å². The van der Waals surface area contributed by atoms with E-state index in [1.54, 1.807) is 30.3 Å². The smallest absolute Gasteiger partial charge is 0.278 e. The van der Waals surface area contributed by atoms with E-state index in [0.29, 0.717) is 16.5 Å². The second-order valence-electron chi connectivity index (χ2n) is 6.67. The van der Waals surface area contributed by atoms with Crippen LogP contribution in [-0.4, -0.2) is 45.4 Å². The first-order chi connectivity index (χ1) is 14.0. The number of hydrogen-bond donors (Lipinski definition) is 3. The van der Waals surface area contributed by atoms with Crippen molar-refractivity contribution in [3.8, 4) is 5.75 Å². The SMILES string of the molecule is COc1cc(Cl)cc(C([C@H]2CCN2)n2cc(NC(=O)c3nccnc3N)cn2)c1. The largest absolute Gasteiger partial charge is 0.497 e. The van der Waals surface area contributed by atoms with Gasteiger partial charge in [-0.1, -0.05) is 11.6 Å². The summed E-state index contributed by atoms with van der Waals surface area (Å²) in [4.78, 5) is 20.3. The summed E-state index contributed by atoms with van der Waals surface area (Å²) in [6.07, 6.45) is 7.19. The van der Waals surface area contributed by atoms with Crippen LogP contribution >= 0.6 is 11.6 Å². The van der Waals surface area contributed by atoms with Crippen molar-refractivity contribution in [1.82, 2.24) is 25.1 Å². The van der Waals surface area contributed by atoms with Crippen LogP contribution in [0.1, 0.15) is 28.5 Å². The van der Waals surface area contributed by atoms with Crippen LogP contribution in [0, 0.1) is 0 Å². The summed E-state index contributed by atoms with van der Waals surface area (Å²) in [7, 11) is 1.60. The lowest BCUT2D eigenvalue weighted by molar-refractivity contribution is 0.102. The summed E-state index contributed by atoms with van der Waals surface area (Å²) >= 11 is 6.27. The predicted octanol–water partition coefficient (Wildman–Crippen LogP) is 2.12.